The van der Waals surface area contributed by atoms with Crippen LogP contribution in [-0.4, -0.2) is 48.7 Å². The minimum absolute atomic E-state index is 0.0374. The van der Waals surface area contributed by atoms with Crippen LogP contribution in [0.1, 0.15) is 84.5 Å². The molecule has 0 aliphatic rings. The highest BCUT2D eigenvalue weighted by molar-refractivity contribution is 5.87. The number of hydrogen-bond acceptors (Lipinski definition) is 3. The Morgan fingerprint density at radius 1 is 0.920 bits per heavy atom. The topological polar surface area (TPSA) is 52.6 Å². The first kappa shape index (κ1) is 24.1. The maximum absolute atomic E-state index is 11.7. The number of amides is 1. The fourth-order valence-electron chi connectivity index (χ4n) is 2.86. The average Bonchev–Trinajstić information content (AvgIpc) is 2.62. The van der Waals surface area contributed by atoms with Crippen molar-refractivity contribution in [3.05, 3.63) is 12.2 Å². The fraction of sp³-hybridized carbons (Fsp3) is 0.857. The first-order valence-corrected chi connectivity index (χ1v) is 10.5. The molecular weight excluding hydrogens is 312 g/mol. The summed E-state index contributed by atoms with van der Waals surface area (Å²) in [5.74, 6) is 0.0374. The molecule has 0 saturated heterocycles. The third-order valence-corrected chi connectivity index (χ3v) is 4.55. The standard InChI is InChI=1S/C21H42N2O2/c1-3-5-6-10-13-16-21(25)22-17-19-23(4-2)18-14-11-8-7-9-12-15-20-24/h13,16,24H,3-12,14-15,17-20H2,1-2H3,(H,22,25)/b16-13+. The number of carbonyl (C=O) groups excluding carboxylic acids is 1. The van der Waals surface area contributed by atoms with E-state index in [2.05, 4.69) is 24.1 Å². The molecule has 148 valence electrons. The van der Waals surface area contributed by atoms with Crippen molar-refractivity contribution in [2.24, 2.45) is 0 Å². The zero-order valence-electron chi connectivity index (χ0n) is 16.8. The highest BCUT2D eigenvalue weighted by atomic mass is 16.2. The van der Waals surface area contributed by atoms with E-state index in [1.165, 1.54) is 51.4 Å². The Balaban J connectivity index is 3.56. The van der Waals surface area contributed by atoms with Crippen LogP contribution in [-0.2, 0) is 4.79 Å². The molecule has 4 nitrogen and oxygen atoms in total. The van der Waals surface area contributed by atoms with Crippen LogP contribution in [0, 0.1) is 0 Å². The lowest BCUT2D eigenvalue weighted by Crippen LogP contribution is -2.34. The van der Waals surface area contributed by atoms with E-state index in [0.29, 0.717) is 6.61 Å². The van der Waals surface area contributed by atoms with Crippen LogP contribution in [0.2, 0.25) is 0 Å². The molecule has 2 N–H and O–H groups in total. The van der Waals surface area contributed by atoms with Crippen LogP contribution in [0.4, 0.5) is 0 Å². The van der Waals surface area contributed by atoms with Crippen LogP contribution in [0.5, 0.6) is 0 Å². The predicted octanol–water partition coefficient (Wildman–Crippen LogP) is 4.28. The van der Waals surface area contributed by atoms with Gasteiger partial charge < -0.3 is 15.3 Å². The summed E-state index contributed by atoms with van der Waals surface area (Å²) in [6.45, 7) is 8.53. The SMILES string of the molecule is CCCCC/C=C/C(=O)NCCN(CC)CCCCCCCCCO. The molecule has 0 bridgehead atoms. The van der Waals surface area contributed by atoms with Gasteiger partial charge in [0.05, 0.1) is 0 Å². The van der Waals surface area contributed by atoms with Crippen molar-refractivity contribution in [3.63, 3.8) is 0 Å². The van der Waals surface area contributed by atoms with E-state index in [0.717, 1.165) is 45.4 Å². The smallest absolute Gasteiger partial charge is 0.243 e. The van der Waals surface area contributed by atoms with Crippen LogP contribution >= 0.6 is 0 Å². The van der Waals surface area contributed by atoms with Gasteiger partial charge in [-0.25, -0.2) is 0 Å². The summed E-state index contributed by atoms with van der Waals surface area (Å²) in [6, 6.07) is 0. The minimum atomic E-state index is 0.0374. The summed E-state index contributed by atoms with van der Waals surface area (Å²) in [6.07, 6.45) is 16.7. The van der Waals surface area contributed by atoms with Gasteiger partial charge in [0.2, 0.25) is 5.91 Å². The van der Waals surface area contributed by atoms with Crippen LogP contribution < -0.4 is 5.32 Å². The molecule has 0 radical (unpaired) electrons. The molecule has 1 amide bonds. The number of aliphatic hydroxyl groups is 1. The summed E-state index contributed by atoms with van der Waals surface area (Å²) < 4.78 is 0. The number of nitrogens with zero attached hydrogens (tertiary/aromatic N) is 1. The molecule has 0 rings (SSSR count). The van der Waals surface area contributed by atoms with Crippen molar-refractivity contribution < 1.29 is 9.90 Å². The molecule has 0 aromatic heterocycles. The third kappa shape index (κ3) is 17.7. The number of unbranched alkanes of at least 4 members (excludes halogenated alkanes) is 9. The fourth-order valence-corrected chi connectivity index (χ4v) is 2.86. The zero-order chi connectivity index (χ0) is 18.6. The van der Waals surface area contributed by atoms with E-state index in [1.807, 2.05) is 6.08 Å². The van der Waals surface area contributed by atoms with Crippen LogP contribution in [0.25, 0.3) is 0 Å². The lowest BCUT2D eigenvalue weighted by Gasteiger charge is -2.20. The minimum Gasteiger partial charge on any atom is -0.396 e. The van der Waals surface area contributed by atoms with Gasteiger partial charge in [-0.1, -0.05) is 64.9 Å². The van der Waals surface area contributed by atoms with Crippen molar-refractivity contribution in [1.29, 1.82) is 0 Å². The molecule has 0 heterocycles. The highest BCUT2D eigenvalue weighted by Gasteiger charge is 2.03. The first-order valence-electron chi connectivity index (χ1n) is 10.5. The second-order valence-corrected chi connectivity index (χ2v) is 6.82. The molecule has 25 heavy (non-hydrogen) atoms. The molecule has 4 heteroatoms. The molecule has 0 atom stereocenters. The Bertz CT molecular complexity index is 319. The van der Waals surface area contributed by atoms with Gasteiger partial charge in [-0.05, 0) is 44.8 Å². The van der Waals surface area contributed by atoms with Crippen molar-refractivity contribution in [2.45, 2.75) is 84.5 Å². The van der Waals surface area contributed by atoms with Gasteiger partial charge in [0.1, 0.15) is 0 Å². The van der Waals surface area contributed by atoms with Crippen molar-refractivity contribution in [2.75, 3.05) is 32.8 Å². The second kappa shape index (κ2) is 19.5. The molecule has 0 aliphatic carbocycles. The highest BCUT2D eigenvalue weighted by Crippen LogP contribution is 2.07. The van der Waals surface area contributed by atoms with E-state index in [4.69, 9.17) is 5.11 Å². The Labute approximate surface area is 156 Å². The molecule has 0 fully saturated rings. The Morgan fingerprint density at radius 3 is 2.24 bits per heavy atom. The number of carbonyl (C=O) groups is 1. The van der Waals surface area contributed by atoms with Gasteiger partial charge in [-0.3, -0.25) is 4.79 Å². The largest absolute Gasteiger partial charge is 0.396 e. The van der Waals surface area contributed by atoms with E-state index >= 15 is 0 Å². The lowest BCUT2D eigenvalue weighted by molar-refractivity contribution is -0.116. The zero-order valence-corrected chi connectivity index (χ0v) is 16.8. The van der Waals surface area contributed by atoms with E-state index in [9.17, 15) is 4.79 Å². The van der Waals surface area contributed by atoms with Crippen molar-refractivity contribution in [1.82, 2.24) is 10.2 Å². The van der Waals surface area contributed by atoms with Gasteiger partial charge in [-0.2, -0.15) is 0 Å². The van der Waals surface area contributed by atoms with Crippen LogP contribution in [0.3, 0.4) is 0 Å². The normalized spacial score (nSPS) is 11.5. The van der Waals surface area contributed by atoms with Crippen molar-refractivity contribution in [3.8, 4) is 0 Å². The summed E-state index contributed by atoms with van der Waals surface area (Å²) in [4.78, 5) is 14.1. The number of allylic oxidation sites excluding steroid dienone is 1. The summed E-state index contributed by atoms with van der Waals surface area (Å²) >= 11 is 0. The van der Waals surface area contributed by atoms with E-state index in [1.54, 1.807) is 6.08 Å². The maximum Gasteiger partial charge on any atom is 0.243 e. The molecule has 0 aliphatic heterocycles. The van der Waals surface area contributed by atoms with E-state index < -0.39 is 0 Å². The van der Waals surface area contributed by atoms with Crippen LogP contribution in [0.15, 0.2) is 12.2 Å². The van der Waals surface area contributed by atoms with Gasteiger partial charge in [-0.15, -0.1) is 0 Å². The number of nitrogens with one attached hydrogen (secondary N) is 1. The summed E-state index contributed by atoms with van der Waals surface area (Å²) in [5, 5.41) is 11.7. The number of aliphatic hydroxyl groups excluding tert-OH is 1. The molecule has 0 aromatic carbocycles. The lowest BCUT2D eigenvalue weighted by atomic mass is 10.1. The summed E-state index contributed by atoms with van der Waals surface area (Å²) in [5.41, 5.74) is 0. The van der Waals surface area contributed by atoms with Crippen molar-refractivity contribution >= 4 is 5.91 Å². The summed E-state index contributed by atoms with van der Waals surface area (Å²) in [7, 11) is 0. The number of hydrogen-bond donors (Lipinski definition) is 2. The van der Waals surface area contributed by atoms with Gasteiger partial charge in [0.15, 0.2) is 0 Å². The molecular formula is C21H42N2O2. The van der Waals surface area contributed by atoms with Gasteiger partial charge in [0.25, 0.3) is 0 Å². The Hall–Kier alpha value is -0.870. The monoisotopic (exact) mass is 354 g/mol. The van der Waals surface area contributed by atoms with E-state index in [-0.39, 0.29) is 5.91 Å². The average molecular weight is 355 g/mol. The third-order valence-electron chi connectivity index (χ3n) is 4.55. The Kier molecular flexibility index (Phi) is 18.8. The molecule has 0 aromatic rings. The quantitative estimate of drug-likeness (QED) is 0.285. The Morgan fingerprint density at radius 2 is 1.60 bits per heavy atom. The number of likely N-dealkylation sites (N-methyl/N-ethyl adjacent to an activating group) is 1. The number of rotatable bonds is 18. The molecule has 0 saturated carbocycles. The van der Waals surface area contributed by atoms with Gasteiger partial charge >= 0.3 is 0 Å². The maximum atomic E-state index is 11.7. The molecule has 0 spiro atoms. The van der Waals surface area contributed by atoms with Gasteiger partial charge in [0, 0.05) is 19.7 Å². The molecule has 0 unspecified atom stereocenters. The predicted molar refractivity (Wildman–Crippen MR) is 108 cm³/mol. The second-order valence-electron chi connectivity index (χ2n) is 6.82. The first-order chi connectivity index (χ1) is 12.2.